The zero-order valence-electron chi connectivity index (χ0n) is 9.08. The van der Waals surface area contributed by atoms with Crippen LogP contribution in [0.5, 0.6) is 0 Å². The first-order chi connectivity index (χ1) is 7.25. The predicted octanol–water partition coefficient (Wildman–Crippen LogP) is 2.60. The molecule has 1 aromatic rings. The third-order valence-corrected chi connectivity index (χ3v) is 3.26. The summed E-state index contributed by atoms with van der Waals surface area (Å²) in [7, 11) is 0. The Kier molecular flexibility index (Phi) is 3.26. The first kappa shape index (κ1) is 10.5. The van der Waals surface area contributed by atoms with Gasteiger partial charge in [-0.25, -0.2) is 0 Å². The van der Waals surface area contributed by atoms with Crippen LogP contribution < -0.4 is 5.32 Å². The number of hydrogen-bond acceptors (Lipinski definition) is 4. The second kappa shape index (κ2) is 4.66. The Balaban J connectivity index is 2.13. The summed E-state index contributed by atoms with van der Waals surface area (Å²) >= 11 is 1.78. The van der Waals surface area contributed by atoms with Crippen LogP contribution in [0, 0.1) is 13.8 Å². The average molecular weight is 221 g/mol. The third-order valence-electron chi connectivity index (χ3n) is 2.26. The summed E-state index contributed by atoms with van der Waals surface area (Å²) in [6.07, 6.45) is 1.18. The largest absolute Gasteiger partial charge is 0.334 e. The van der Waals surface area contributed by atoms with Gasteiger partial charge in [0.15, 0.2) is 5.17 Å². The molecule has 0 saturated carbocycles. The minimum absolute atomic E-state index is 0.938. The predicted molar refractivity (Wildman–Crippen MR) is 66.7 cm³/mol. The first-order valence-corrected chi connectivity index (χ1v) is 6.13. The quantitative estimate of drug-likeness (QED) is 0.792. The lowest BCUT2D eigenvalue weighted by molar-refractivity contribution is 0.938. The van der Waals surface area contributed by atoms with E-state index in [4.69, 9.17) is 0 Å². The highest BCUT2D eigenvalue weighted by Gasteiger charge is 2.07. The molecule has 1 aliphatic rings. The Morgan fingerprint density at radius 2 is 2.20 bits per heavy atom. The van der Waals surface area contributed by atoms with Gasteiger partial charge in [-0.2, -0.15) is 0 Å². The van der Waals surface area contributed by atoms with Crippen LogP contribution in [0.15, 0.2) is 17.1 Å². The van der Waals surface area contributed by atoms with Gasteiger partial charge in [0.05, 0.1) is 11.4 Å². The van der Waals surface area contributed by atoms with E-state index in [1.165, 1.54) is 6.42 Å². The van der Waals surface area contributed by atoms with Crippen molar-refractivity contribution < 1.29 is 0 Å². The summed E-state index contributed by atoms with van der Waals surface area (Å²) in [6.45, 7) is 4.96. The zero-order chi connectivity index (χ0) is 10.7. The summed E-state index contributed by atoms with van der Waals surface area (Å²) in [5, 5.41) is 4.35. The van der Waals surface area contributed by atoms with Crippen molar-refractivity contribution in [1.82, 2.24) is 4.98 Å². The molecule has 0 amide bonds. The van der Waals surface area contributed by atoms with E-state index < -0.39 is 0 Å². The summed E-state index contributed by atoms with van der Waals surface area (Å²) in [5.74, 6) is 1.16. The minimum atomic E-state index is 0.938. The summed E-state index contributed by atoms with van der Waals surface area (Å²) < 4.78 is 0. The average Bonchev–Trinajstić information content (AvgIpc) is 2.24. The van der Waals surface area contributed by atoms with Crippen LogP contribution in [0.3, 0.4) is 0 Å². The Labute approximate surface area is 94.4 Å². The highest BCUT2D eigenvalue weighted by atomic mass is 32.2. The monoisotopic (exact) mass is 221 g/mol. The fourth-order valence-corrected chi connectivity index (χ4v) is 2.30. The van der Waals surface area contributed by atoms with Crippen molar-refractivity contribution in [3.63, 3.8) is 0 Å². The van der Waals surface area contributed by atoms with Crippen molar-refractivity contribution in [1.29, 1.82) is 0 Å². The van der Waals surface area contributed by atoms with E-state index >= 15 is 0 Å². The van der Waals surface area contributed by atoms with Gasteiger partial charge < -0.3 is 5.32 Å². The van der Waals surface area contributed by atoms with Crippen LogP contribution in [0.1, 0.15) is 17.8 Å². The second-order valence-corrected chi connectivity index (χ2v) is 4.68. The Hall–Kier alpha value is -1.03. The van der Waals surface area contributed by atoms with E-state index in [0.29, 0.717) is 0 Å². The van der Waals surface area contributed by atoms with Crippen LogP contribution >= 0.6 is 11.8 Å². The van der Waals surface area contributed by atoms with Gasteiger partial charge in [-0.05, 0) is 32.4 Å². The Morgan fingerprint density at radius 3 is 2.87 bits per heavy atom. The molecule has 0 radical (unpaired) electrons. The van der Waals surface area contributed by atoms with Gasteiger partial charge in [0, 0.05) is 18.0 Å². The number of rotatable bonds is 1. The Bertz CT molecular complexity index is 387. The maximum absolute atomic E-state index is 4.43. The molecule has 80 valence electrons. The fraction of sp³-hybridized carbons (Fsp3) is 0.455. The van der Waals surface area contributed by atoms with Gasteiger partial charge in [-0.15, -0.1) is 0 Å². The maximum atomic E-state index is 4.43. The van der Waals surface area contributed by atoms with Gasteiger partial charge in [-0.1, -0.05) is 11.8 Å². The molecule has 0 spiro atoms. The molecule has 0 aromatic carbocycles. The molecule has 1 aliphatic heterocycles. The molecule has 2 rings (SSSR count). The van der Waals surface area contributed by atoms with Gasteiger partial charge in [0.25, 0.3) is 0 Å². The molecule has 1 N–H and O–H groups in total. The van der Waals surface area contributed by atoms with Crippen molar-refractivity contribution >= 4 is 22.6 Å². The number of amidine groups is 1. The number of aliphatic imine (C=N–C) groups is 1. The van der Waals surface area contributed by atoms with Crippen LogP contribution in [-0.4, -0.2) is 22.4 Å². The highest BCUT2D eigenvalue weighted by Crippen LogP contribution is 2.18. The minimum Gasteiger partial charge on any atom is -0.334 e. The molecule has 0 unspecified atom stereocenters. The summed E-state index contributed by atoms with van der Waals surface area (Å²) in [5.41, 5.74) is 3.15. The lowest BCUT2D eigenvalue weighted by Crippen LogP contribution is -2.14. The number of aromatic nitrogens is 1. The molecular weight excluding hydrogens is 206 g/mol. The SMILES string of the molecule is Cc1ccc(NC2=NCCCS2)c(C)n1. The van der Waals surface area contributed by atoms with Gasteiger partial charge >= 0.3 is 0 Å². The lowest BCUT2D eigenvalue weighted by Gasteiger charge is -2.14. The molecule has 0 aliphatic carbocycles. The molecule has 2 heterocycles. The summed E-state index contributed by atoms with van der Waals surface area (Å²) in [6, 6.07) is 4.08. The molecule has 4 heteroatoms. The van der Waals surface area contributed by atoms with Crippen molar-refractivity contribution in [2.24, 2.45) is 4.99 Å². The van der Waals surface area contributed by atoms with Crippen molar-refractivity contribution in [2.45, 2.75) is 20.3 Å². The van der Waals surface area contributed by atoms with E-state index in [2.05, 4.69) is 21.4 Å². The number of pyridine rings is 1. The molecule has 0 atom stereocenters. The maximum Gasteiger partial charge on any atom is 0.161 e. The van der Waals surface area contributed by atoms with E-state index in [9.17, 15) is 0 Å². The molecule has 0 fully saturated rings. The molecule has 0 bridgehead atoms. The number of nitrogens with zero attached hydrogens (tertiary/aromatic N) is 2. The number of anilines is 1. The number of aryl methyl sites for hydroxylation is 2. The van der Waals surface area contributed by atoms with Crippen molar-refractivity contribution in [2.75, 3.05) is 17.6 Å². The van der Waals surface area contributed by atoms with Crippen LogP contribution in [-0.2, 0) is 0 Å². The topological polar surface area (TPSA) is 37.3 Å². The normalized spacial score (nSPS) is 16.0. The fourth-order valence-electron chi connectivity index (χ4n) is 1.47. The van der Waals surface area contributed by atoms with E-state index in [1.807, 2.05) is 19.9 Å². The number of nitrogens with one attached hydrogen (secondary N) is 1. The highest BCUT2D eigenvalue weighted by molar-refractivity contribution is 8.14. The molecule has 15 heavy (non-hydrogen) atoms. The van der Waals surface area contributed by atoms with Crippen LogP contribution in [0.4, 0.5) is 5.69 Å². The molecular formula is C11H15N3S. The molecule has 3 nitrogen and oxygen atoms in total. The van der Waals surface area contributed by atoms with E-state index in [1.54, 1.807) is 11.8 Å². The van der Waals surface area contributed by atoms with Crippen LogP contribution in [0.2, 0.25) is 0 Å². The Morgan fingerprint density at radius 1 is 1.33 bits per heavy atom. The van der Waals surface area contributed by atoms with Crippen LogP contribution in [0.25, 0.3) is 0 Å². The van der Waals surface area contributed by atoms with E-state index in [0.717, 1.165) is 34.5 Å². The number of thioether (sulfide) groups is 1. The molecule has 1 aromatic heterocycles. The smallest absolute Gasteiger partial charge is 0.161 e. The lowest BCUT2D eigenvalue weighted by atomic mass is 10.3. The van der Waals surface area contributed by atoms with Gasteiger partial charge in [0.2, 0.25) is 0 Å². The van der Waals surface area contributed by atoms with Crippen molar-refractivity contribution in [3.8, 4) is 0 Å². The first-order valence-electron chi connectivity index (χ1n) is 5.14. The third kappa shape index (κ3) is 2.72. The summed E-state index contributed by atoms with van der Waals surface area (Å²) in [4.78, 5) is 8.84. The van der Waals surface area contributed by atoms with Gasteiger partial charge in [-0.3, -0.25) is 9.98 Å². The standard InChI is InChI=1S/C11H15N3S/c1-8-4-5-10(9(2)13-8)14-11-12-6-3-7-15-11/h4-5H,3,6-7H2,1-2H3,(H,12,14). The van der Waals surface area contributed by atoms with Gasteiger partial charge in [0.1, 0.15) is 0 Å². The molecule has 0 saturated heterocycles. The zero-order valence-corrected chi connectivity index (χ0v) is 9.90. The van der Waals surface area contributed by atoms with Crippen molar-refractivity contribution in [3.05, 3.63) is 23.5 Å². The van der Waals surface area contributed by atoms with E-state index in [-0.39, 0.29) is 0 Å². The number of hydrogen-bond donors (Lipinski definition) is 1. The second-order valence-electron chi connectivity index (χ2n) is 3.60.